The molecule has 3 aliphatic rings. The minimum atomic E-state index is -0.982. The first-order chi connectivity index (χ1) is 15.8. The number of amides is 3. The molecule has 5 atom stereocenters. The highest BCUT2D eigenvalue weighted by molar-refractivity contribution is 6.07. The smallest absolute Gasteiger partial charge is 0.271 e. The van der Waals surface area contributed by atoms with E-state index < -0.39 is 34.5 Å². The van der Waals surface area contributed by atoms with E-state index in [9.17, 15) is 28.9 Å². The number of nitrogens with one attached hydrogen (secondary N) is 1. The number of rotatable bonds is 6. The number of carbonyl (C=O) groups excluding carboxylic acids is 3. The highest BCUT2D eigenvalue weighted by Crippen LogP contribution is 2.54. The van der Waals surface area contributed by atoms with Crippen LogP contribution >= 0.6 is 0 Å². The van der Waals surface area contributed by atoms with Crippen LogP contribution in [0.25, 0.3) is 0 Å². The Kier molecular flexibility index (Phi) is 5.03. The molecule has 2 aromatic rings. The molecule has 2 aliphatic carbocycles. The molecule has 2 fully saturated rings. The second-order valence-corrected chi connectivity index (χ2v) is 8.68. The number of non-ortho nitro benzene ring substituents is 1. The summed E-state index contributed by atoms with van der Waals surface area (Å²) in [6, 6.07) is 9.98. The van der Waals surface area contributed by atoms with E-state index in [1.165, 1.54) is 42.5 Å². The molecule has 8 nitrogen and oxygen atoms in total. The van der Waals surface area contributed by atoms with Gasteiger partial charge in [-0.1, -0.05) is 30.4 Å². The minimum Gasteiger partial charge on any atom is -0.326 e. The van der Waals surface area contributed by atoms with Crippen LogP contribution in [0.3, 0.4) is 0 Å². The molecule has 1 heterocycles. The molecule has 1 saturated carbocycles. The second-order valence-electron chi connectivity index (χ2n) is 8.68. The van der Waals surface area contributed by atoms with Crippen LogP contribution in [0.5, 0.6) is 0 Å². The maximum absolute atomic E-state index is 14.0. The second kappa shape index (κ2) is 7.91. The van der Waals surface area contributed by atoms with E-state index in [0.29, 0.717) is 5.56 Å². The van der Waals surface area contributed by atoms with Crippen LogP contribution in [0.15, 0.2) is 60.7 Å². The Balaban J connectivity index is 1.43. The molecule has 5 unspecified atom stereocenters. The van der Waals surface area contributed by atoms with Crippen LogP contribution in [0.2, 0.25) is 0 Å². The topological polar surface area (TPSA) is 110 Å². The summed E-state index contributed by atoms with van der Waals surface area (Å²) in [5, 5.41) is 13.6. The summed E-state index contributed by atoms with van der Waals surface area (Å²) in [4.78, 5) is 51.1. The predicted molar refractivity (Wildman–Crippen MR) is 115 cm³/mol. The van der Waals surface area contributed by atoms with Crippen molar-refractivity contribution in [3.63, 3.8) is 0 Å². The minimum absolute atomic E-state index is 0.00769. The summed E-state index contributed by atoms with van der Waals surface area (Å²) in [6.45, 7) is 0. The SMILES string of the molecule is O=C(CC(c1cccc(F)c1)N1C(=O)C2C3C=CC(C3)C2C1=O)Nc1cccc([N+](=O)[O-])c1. The molecule has 33 heavy (non-hydrogen) atoms. The lowest BCUT2D eigenvalue weighted by atomic mass is 9.85. The van der Waals surface area contributed by atoms with E-state index in [1.54, 1.807) is 6.07 Å². The first kappa shape index (κ1) is 21.0. The summed E-state index contributed by atoms with van der Waals surface area (Å²) in [5.74, 6) is -2.63. The van der Waals surface area contributed by atoms with E-state index in [-0.39, 0.29) is 41.4 Å². The molecule has 5 rings (SSSR count). The van der Waals surface area contributed by atoms with Gasteiger partial charge in [0.15, 0.2) is 0 Å². The highest BCUT2D eigenvalue weighted by Gasteiger charge is 2.60. The van der Waals surface area contributed by atoms with Crippen LogP contribution in [0, 0.1) is 39.6 Å². The largest absolute Gasteiger partial charge is 0.326 e. The van der Waals surface area contributed by atoms with E-state index in [4.69, 9.17) is 0 Å². The number of hydrogen-bond acceptors (Lipinski definition) is 5. The third-order valence-corrected chi connectivity index (χ3v) is 6.77. The number of hydrogen-bond donors (Lipinski definition) is 1. The van der Waals surface area contributed by atoms with E-state index in [1.807, 2.05) is 12.2 Å². The maximum atomic E-state index is 14.0. The van der Waals surface area contributed by atoms with Crippen molar-refractivity contribution in [3.05, 3.63) is 82.2 Å². The number of imide groups is 1. The molecule has 0 radical (unpaired) electrons. The fourth-order valence-electron chi connectivity index (χ4n) is 5.39. The average molecular weight is 449 g/mol. The average Bonchev–Trinajstić information content (AvgIpc) is 3.46. The van der Waals surface area contributed by atoms with Crippen LogP contribution in [0.4, 0.5) is 15.8 Å². The van der Waals surface area contributed by atoms with Crippen LogP contribution in [-0.4, -0.2) is 27.5 Å². The van der Waals surface area contributed by atoms with Crippen molar-refractivity contribution in [3.8, 4) is 0 Å². The normalized spacial score (nSPS) is 25.9. The van der Waals surface area contributed by atoms with E-state index >= 15 is 0 Å². The van der Waals surface area contributed by atoms with Crippen molar-refractivity contribution >= 4 is 29.1 Å². The van der Waals surface area contributed by atoms with Gasteiger partial charge in [-0.3, -0.25) is 29.4 Å². The highest BCUT2D eigenvalue weighted by atomic mass is 19.1. The van der Waals surface area contributed by atoms with Gasteiger partial charge in [-0.15, -0.1) is 0 Å². The zero-order valence-electron chi connectivity index (χ0n) is 17.4. The molecular weight excluding hydrogens is 429 g/mol. The van der Waals surface area contributed by atoms with Gasteiger partial charge in [0.25, 0.3) is 5.69 Å². The van der Waals surface area contributed by atoms with Crippen molar-refractivity contribution in [1.29, 1.82) is 0 Å². The predicted octanol–water partition coefficient (Wildman–Crippen LogP) is 3.61. The summed E-state index contributed by atoms with van der Waals surface area (Å²) >= 11 is 0. The van der Waals surface area contributed by atoms with Crippen molar-refractivity contribution in [2.24, 2.45) is 23.7 Å². The fourth-order valence-corrected chi connectivity index (χ4v) is 5.39. The lowest BCUT2D eigenvalue weighted by Gasteiger charge is -2.28. The van der Waals surface area contributed by atoms with Crippen LogP contribution in [-0.2, 0) is 14.4 Å². The number of fused-ring (bicyclic) bond motifs is 5. The number of nitrogens with zero attached hydrogens (tertiary/aromatic N) is 2. The number of allylic oxidation sites excluding steroid dienone is 2. The lowest BCUT2D eigenvalue weighted by Crippen LogP contribution is -2.38. The summed E-state index contributed by atoms with van der Waals surface area (Å²) in [7, 11) is 0. The van der Waals surface area contributed by atoms with Crippen molar-refractivity contribution in [2.45, 2.75) is 18.9 Å². The zero-order valence-corrected chi connectivity index (χ0v) is 17.4. The van der Waals surface area contributed by atoms with Crippen molar-refractivity contribution in [2.75, 3.05) is 5.32 Å². The number of nitro benzene ring substituents is 1. The molecular formula is C24H20FN3O5. The molecule has 2 bridgehead atoms. The van der Waals surface area contributed by atoms with Gasteiger partial charge in [-0.25, -0.2) is 4.39 Å². The first-order valence-electron chi connectivity index (χ1n) is 10.7. The van der Waals surface area contributed by atoms with Gasteiger partial charge in [0.1, 0.15) is 5.82 Å². The lowest BCUT2D eigenvalue weighted by molar-refractivity contribution is -0.384. The van der Waals surface area contributed by atoms with Crippen molar-refractivity contribution in [1.82, 2.24) is 4.90 Å². The Labute approximate surface area is 188 Å². The third kappa shape index (κ3) is 3.59. The Morgan fingerprint density at radius 2 is 1.76 bits per heavy atom. The van der Waals surface area contributed by atoms with Gasteiger partial charge < -0.3 is 5.32 Å². The Hall–Kier alpha value is -3.88. The van der Waals surface area contributed by atoms with Gasteiger partial charge in [-0.05, 0) is 42.0 Å². The Bertz CT molecular complexity index is 1180. The van der Waals surface area contributed by atoms with E-state index in [0.717, 1.165) is 11.3 Å². The number of nitro groups is 1. The molecule has 1 N–H and O–H groups in total. The van der Waals surface area contributed by atoms with Gasteiger partial charge in [0.05, 0.1) is 29.2 Å². The summed E-state index contributed by atoms with van der Waals surface area (Å²) in [6.07, 6.45) is 4.43. The zero-order chi connectivity index (χ0) is 23.3. The van der Waals surface area contributed by atoms with Gasteiger partial charge in [0.2, 0.25) is 17.7 Å². The molecule has 9 heteroatoms. The van der Waals surface area contributed by atoms with Gasteiger partial charge >= 0.3 is 0 Å². The van der Waals surface area contributed by atoms with Gasteiger partial charge in [-0.2, -0.15) is 0 Å². The number of benzene rings is 2. The Morgan fingerprint density at radius 1 is 1.09 bits per heavy atom. The number of likely N-dealkylation sites (tertiary alicyclic amines) is 1. The first-order valence-corrected chi connectivity index (χ1v) is 10.7. The van der Waals surface area contributed by atoms with Crippen LogP contribution < -0.4 is 5.32 Å². The summed E-state index contributed by atoms with van der Waals surface area (Å²) < 4.78 is 14.0. The van der Waals surface area contributed by atoms with E-state index in [2.05, 4.69) is 5.32 Å². The standard InChI is InChI=1S/C24H20FN3O5/c25-16-4-1-3-13(10-16)19(12-20(29)26-17-5-2-6-18(11-17)28(32)33)27-23(30)21-14-7-8-15(9-14)22(21)24(27)31/h1-8,10-11,14-15,19,21-22H,9,12H2,(H,26,29). The quantitative estimate of drug-likeness (QED) is 0.314. The third-order valence-electron chi connectivity index (χ3n) is 6.77. The van der Waals surface area contributed by atoms with Crippen molar-refractivity contribution < 1.29 is 23.7 Å². The monoisotopic (exact) mass is 449 g/mol. The molecule has 0 aromatic heterocycles. The fraction of sp³-hybridized carbons (Fsp3) is 0.292. The molecule has 1 saturated heterocycles. The Morgan fingerprint density at radius 3 is 2.39 bits per heavy atom. The number of halogens is 1. The number of anilines is 1. The summed E-state index contributed by atoms with van der Waals surface area (Å²) in [5.41, 5.74) is 0.367. The molecule has 3 amide bonds. The molecule has 168 valence electrons. The molecule has 2 aromatic carbocycles. The molecule has 1 aliphatic heterocycles. The number of carbonyl (C=O) groups is 3. The van der Waals surface area contributed by atoms with Crippen LogP contribution in [0.1, 0.15) is 24.4 Å². The molecule has 0 spiro atoms. The maximum Gasteiger partial charge on any atom is 0.271 e. The van der Waals surface area contributed by atoms with Gasteiger partial charge in [0, 0.05) is 17.8 Å².